The lowest BCUT2D eigenvalue weighted by atomic mass is 9.98. The van der Waals surface area contributed by atoms with Gasteiger partial charge >= 0.3 is 0 Å². The Bertz CT molecular complexity index is 951. The van der Waals surface area contributed by atoms with Gasteiger partial charge in [-0.1, -0.05) is 0 Å². The largest absolute Gasteiger partial charge is 0.335 e. The Labute approximate surface area is 153 Å². The Kier molecular flexibility index (Phi) is 4.32. The highest BCUT2D eigenvalue weighted by molar-refractivity contribution is 7.89. The summed E-state index contributed by atoms with van der Waals surface area (Å²) in [6.07, 6.45) is 6.15. The van der Waals surface area contributed by atoms with Gasteiger partial charge in [0.15, 0.2) is 0 Å². The number of rotatable bonds is 4. The number of aromatic nitrogens is 2. The zero-order valence-corrected chi connectivity index (χ0v) is 15.5. The highest BCUT2D eigenvalue weighted by atomic mass is 32.2. The van der Waals surface area contributed by atoms with Crippen LogP contribution in [0, 0.1) is 5.92 Å². The molecule has 0 aliphatic carbocycles. The first-order valence-electron chi connectivity index (χ1n) is 8.85. The molecule has 8 heteroatoms. The molecule has 1 N–H and O–H groups in total. The van der Waals surface area contributed by atoms with Crippen molar-refractivity contribution in [3.63, 3.8) is 0 Å². The van der Waals surface area contributed by atoms with Gasteiger partial charge in [-0.05, 0) is 42.5 Å². The summed E-state index contributed by atoms with van der Waals surface area (Å²) in [5, 5.41) is 0. The van der Waals surface area contributed by atoms with Crippen molar-refractivity contribution in [1.82, 2.24) is 14.3 Å². The van der Waals surface area contributed by atoms with Crippen LogP contribution in [0.3, 0.4) is 0 Å². The molecule has 0 bridgehead atoms. The SMILES string of the molecule is CC(=O)N1CCc2cc(S(=O)(=O)NC[C@H]3CCn4ccnc4C3)ccc21. The number of sulfonamides is 1. The molecular formula is C18H22N4O3S. The molecule has 1 aromatic heterocycles. The number of anilines is 1. The smallest absolute Gasteiger partial charge is 0.240 e. The Morgan fingerprint density at radius 1 is 1.35 bits per heavy atom. The van der Waals surface area contributed by atoms with Crippen molar-refractivity contribution < 1.29 is 13.2 Å². The van der Waals surface area contributed by atoms with Crippen molar-refractivity contribution in [2.75, 3.05) is 18.0 Å². The number of hydrogen-bond acceptors (Lipinski definition) is 4. The van der Waals surface area contributed by atoms with Crippen LogP contribution in [0.15, 0.2) is 35.5 Å². The molecule has 1 amide bonds. The van der Waals surface area contributed by atoms with E-state index in [0.717, 1.165) is 36.5 Å². The monoisotopic (exact) mass is 374 g/mol. The van der Waals surface area contributed by atoms with E-state index >= 15 is 0 Å². The molecule has 138 valence electrons. The lowest BCUT2D eigenvalue weighted by molar-refractivity contribution is -0.116. The number of nitrogens with one attached hydrogen (secondary N) is 1. The van der Waals surface area contributed by atoms with Gasteiger partial charge in [-0.25, -0.2) is 18.1 Å². The van der Waals surface area contributed by atoms with E-state index in [9.17, 15) is 13.2 Å². The molecule has 2 aromatic rings. The molecule has 0 fully saturated rings. The molecule has 0 radical (unpaired) electrons. The minimum Gasteiger partial charge on any atom is -0.335 e. The Morgan fingerprint density at radius 3 is 3.00 bits per heavy atom. The van der Waals surface area contributed by atoms with Gasteiger partial charge in [0.25, 0.3) is 0 Å². The van der Waals surface area contributed by atoms with Crippen molar-refractivity contribution in [3.05, 3.63) is 42.0 Å². The summed E-state index contributed by atoms with van der Waals surface area (Å²) in [5.41, 5.74) is 1.72. The second kappa shape index (κ2) is 6.51. The second-order valence-corrected chi connectivity index (χ2v) is 8.73. The molecule has 3 heterocycles. The number of amides is 1. The van der Waals surface area contributed by atoms with Crippen LogP contribution in [0.5, 0.6) is 0 Å². The van der Waals surface area contributed by atoms with Gasteiger partial charge < -0.3 is 9.47 Å². The fourth-order valence-electron chi connectivity index (χ4n) is 3.77. The van der Waals surface area contributed by atoms with E-state index in [1.807, 2.05) is 6.20 Å². The summed E-state index contributed by atoms with van der Waals surface area (Å²) in [4.78, 5) is 17.9. The summed E-state index contributed by atoms with van der Waals surface area (Å²) in [5.74, 6) is 1.25. The van der Waals surface area contributed by atoms with Crippen LogP contribution in [0.25, 0.3) is 0 Å². The van der Waals surface area contributed by atoms with E-state index < -0.39 is 10.0 Å². The van der Waals surface area contributed by atoms with Crippen molar-refractivity contribution in [2.24, 2.45) is 5.92 Å². The molecule has 26 heavy (non-hydrogen) atoms. The molecule has 0 unspecified atom stereocenters. The Hall–Kier alpha value is -2.19. The van der Waals surface area contributed by atoms with Gasteiger partial charge in [0.2, 0.25) is 15.9 Å². The van der Waals surface area contributed by atoms with Crippen LogP contribution in [0.4, 0.5) is 5.69 Å². The van der Waals surface area contributed by atoms with Gasteiger partial charge in [0, 0.05) is 51.1 Å². The lowest BCUT2D eigenvalue weighted by Gasteiger charge is -2.23. The maximum Gasteiger partial charge on any atom is 0.240 e. The zero-order valence-electron chi connectivity index (χ0n) is 14.7. The summed E-state index contributed by atoms with van der Waals surface area (Å²) < 4.78 is 30.2. The third kappa shape index (κ3) is 3.14. The number of carbonyl (C=O) groups excluding carboxylic acids is 1. The first-order chi connectivity index (χ1) is 12.4. The standard InChI is InChI=1S/C18H22N4O3S/c1-13(23)22-8-5-15-11-16(2-3-17(15)22)26(24,25)20-12-14-4-7-21-9-6-19-18(21)10-14/h2-3,6,9,11,14,20H,4-5,7-8,10,12H2,1H3/t14-/m0/s1. The third-order valence-electron chi connectivity index (χ3n) is 5.25. The highest BCUT2D eigenvalue weighted by Crippen LogP contribution is 2.30. The van der Waals surface area contributed by atoms with Crippen LogP contribution in [0.1, 0.15) is 24.7 Å². The van der Waals surface area contributed by atoms with E-state index in [-0.39, 0.29) is 16.7 Å². The topological polar surface area (TPSA) is 84.3 Å². The second-order valence-electron chi connectivity index (χ2n) is 6.96. The predicted molar refractivity (Wildman–Crippen MR) is 97.4 cm³/mol. The molecular weight excluding hydrogens is 352 g/mol. The van der Waals surface area contributed by atoms with Crippen molar-refractivity contribution in [2.45, 2.75) is 37.6 Å². The van der Waals surface area contributed by atoms with E-state index in [1.54, 1.807) is 29.3 Å². The van der Waals surface area contributed by atoms with Crippen molar-refractivity contribution in [1.29, 1.82) is 0 Å². The number of fused-ring (bicyclic) bond motifs is 2. The van der Waals surface area contributed by atoms with Crippen molar-refractivity contribution >= 4 is 21.6 Å². The molecule has 0 spiro atoms. The van der Waals surface area contributed by atoms with Crippen LogP contribution < -0.4 is 9.62 Å². The average molecular weight is 374 g/mol. The lowest BCUT2D eigenvalue weighted by Crippen LogP contribution is -2.33. The quantitative estimate of drug-likeness (QED) is 0.875. The number of aryl methyl sites for hydroxylation is 1. The van der Waals surface area contributed by atoms with E-state index in [0.29, 0.717) is 19.5 Å². The maximum atomic E-state index is 12.7. The van der Waals surface area contributed by atoms with E-state index in [2.05, 4.69) is 14.3 Å². The highest BCUT2D eigenvalue weighted by Gasteiger charge is 2.26. The number of hydrogen-bond donors (Lipinski definition) is 1. The molecule has 1 atom stereocenters. The summed E-state index contributed by atoms with van der Waals surface area (Å²) >= 11 is 0. The first kappa shape index (κ1) is 17.2. The zero-order chi connectivity index (χ0) is 18.3. The average Bonchev–Trinajstić information content (AvgIpc) is 3.25. The summed E-state index contributed by atoms with van der Waals surface area (Å²) in [6, 6.07) is 5.00. The van der Waals surface area contributed by atoms with Gasteiger partial charge in [-0.15, -0.1) is 0 Å². The normalized spacial score (nSPS) is 19.3. The van der Waals surface area contributed by atoms with E-state index in [1.165, 1.54) is 6.92 Å². The predicted octanol–water partition coefficient (Wildman–Crippen LogP) is 1.33. The number of imidazole rings is 1. The molecule has 4 rings (SSSR count). The molecule has 0 saturated heterocycles. The number of carbonyl (C=O) groups is 1. The van der Waals surface area contributed by atoms with Crippen LogP contribution >= 0.6 is 0 Å². The van der Waals surface area contributed by atoms with E-state index in [4.69, 9.17) is 0 Å². The van der Waals surface area contributed by atoms with Crippen LogP contribution in [-0.4, -0.2) is 37.0 Å². The number of benzene rings is 1. The van der Waals surface area contributed by atoms with Gasteiger partial charge in [-0.2, -0.15) is 0 Å². The minimum atomic E-state index is -3.56. The van der Waals surface area contributed by atoms with Gasteiger partial charge in [0.05, 0.1) is 4.90 Å². The minimum absolute atomic E-state index is 0.0202. The Balaban J connectivity index is 1.45. The van der Waals surface area contributed by atoms with Gasteiger partial charge in [-0.3, -0.25) is 4.79 Å². The van der Waals surface area contributed by atoms with Crippen molar-refractivity contribution in [3.8, 4) is 0 Å². The van der Waals surface area contributed by atoms with Crippen LogP contribution in [0.2, 0.25) is 0 Å². The molecule has 2 aliphatic rings. The number of nitrogens with zero attached hydrogens (tertiary/aromatic N) is 3. The molecule has 2 aliphatic heterocycles. The first-order valence-corrected chi connectivity index (χ1v) is 10.3. The summed E-state index contributed by atoms with van der Waals surface area (Å²) in [7, 11) is -3.56. The molecule has 7 nitrogen and oxygen atoms in total. The Morgan fingerprint density at radius 2 is 2.19 bits per heavy atom. The molecule has 0 saturated carbocycles. The summed E-state index contributed by atoms with van der Waals surface area (Å²) in [6.45, 7) is 3.42. The molecule has 1 aromatic carbocycles. The maximum absolute atomic E-state index is 12.7. The van der Waals surface area contributed by atoms with Gasteiger partial charge in [0.1, 0.15) is 5.82 Å². The van der Waals surface area contributed by atoms with Crippen LogP contribution in [-0.2, 0) is 34.2 Å². The third-order valence-corrected chi connectivity index (χ3v) is 6.67. The fourth-order valence-corrected chi connectivity index (χ4v) is 4.94. The fraction of sp³-hybridized carbons (Fsp3) is 0.444.